The second-order valence-corrected chi connectivity index (χ2v) is 1.37. The number of hydrogen-bond donors (Lipinski definition) is 0. The van der Waals surface area contributed by atoms with Crippen LogP contribution in [0.25, 0.3) is 0 Å². The van der Waals surface area contributed by atoms with Gasteiger partial charge in [0, 0.05) is 0 Å². The van der Waals surface area contributed by atoms with E-state index in [9.17, 15) is 0 Å². The van der Waals surface area contributed by atoms with E-state index in [4.69, 9.17) is 0 Å². The SMILES string of the molecule is CCCP.[NaH]. The zero-order valence-electron chi connectivity index (χ0n) is 2.99. The van der Waals surface area contributed by atoms with E-state index in [-0.39, 0.29) is 29.6 Å². The first-order valence-corrected chi connectivity index (χ1v) is 2.43. The van der Waals surface area contributed by atoms with Crippen LogP contribution in [0.15, 0.2) is 0 Å². The maximum atomic E-state index is 2.66. The van der Waals surface area contributed by atoms with Crippen molar-refractivity contribution < 1.29 is 0 Å². The van der Waals surface area contributed by atoms with E-state index < -0.39 is 0 Å². The first kappa shape index (κ1) is 9.66. The van der Waals surface area contributed by atoms with Crippen LogP contribution in [0.1, 0.15) is 13.3 Å². The Kier molecular flexibility index (Phi) is 17.5. The Morgan fingerprint density at radius 1 is 1.60 bits per heavy atom. The van der Waals surface area contributed by atoms with Gasteiger partial charge in [0.15, 0.2) is 0 Å². The maximum absolute atomic E-state index is 2.66. The average molecular weight is 100 g/mol. The van der Waals surface area contributed by atoms with Crippen LogP contribution >= 0.6 is 9.24 Å². The van der Waals surface area contributed by atoms with Crippen molar-refractivity contribution in [1.29, 1.82) is 0 Å². The first-order chi connectivity index (χ1) is 1.91. The molecule has 0 bridgehead atoms. The van der Waals surface area contributed by atoms with Crippen molar-refractivity contribution in [2.24, 2.45) is 0 Å². The van der Waals surface area contributed by atoms with Crippen LogP contribution in [0.3, 0.4) is 0 Å². The topological polar surface area (TPSA) is 0 Å². The molecule has 0 fully saturated rings. The second kappa shape index (κ2) is 9.06. The molecule has 0 heterocycles. The Hall–Kier alpha value is 1.43. The van der Waals surface area contributed by atoms with Crippen molar-refractivity contribution in [2.75, 3.05) is 6.16 Å². The van der Waals surface area contributed by atoms with Crippen LogP contribution in [0.5, 0.6) is 0 Å². The summed E-state index contributed by atoms with van der Waals surface area (Å²) in [5, 5.41) is 0. The van der Waals surface area contributed by atoms with Gasteiger partial charge in [-0.2, -0.15) is 0 Å². The standard InChI is InChI=1S/C3H9P.Na.H/c1-2-3-4;;/h2-4H2,1H3;;. The molecule has 0 aromatic rings. The van der Waals surface area contributed by atoms with Gasteiger partial charge in [-0.05, 0) is 6.16 Å². The Morgan fingerprint density at radius 3 is 1.80 bits per heavy atom. The van der Waals surface area contributed by atoms with Crippen LogP contribution in [0.2, 0.25) is 0 Å². The van der Waals surface area contributed by atoms with E-state index in [1.807, 2.05) is 0 Å². The van der Waals surface area contributed by atoms with Gasteiger partial charge in [0.2, 0.25) is 0 Å². The Morgan fingerprint density at radius 2 is 1.80 bits per heavy atom. The van der Waals surface area contributed by atoms with E-state index >= 15 is 0 Å². The van der Waals surface area contributed by atoms with Gasteiger partial charge in [-0.3, -0.25) is 0 Å². The summed E-state index contributed by atoms with van der Waals surface area (Å²) >= 11 is 0. The summed E-state index contributed by atoms with van der Waals surface area (Å²) in [6.45, 7) is 2.16. The Bertz CT molecular complexity index is 8.85. The van der Waals surface area contributed by atoms with Crippen molar-refractivity contribution in [2.45, 2.75) is 13.3 Å². The fraction of sp³-hybridized carbons (Fsp3) is 1.00. The molecule has 0 nitrogen and oxygen atoms in total. The molecule has 0 rings (SSSR count). The molecule has 0 spiro atoms. The number of rotatable bonds is 1. The van der Waals surface area contributed by atoms with Crippen molar-refractivity contribution >= 4 is 38.8 Å². The third-order valence-electron chi connectivity index (χ3n) is 0.289. The molecule has 0 saturated carbocycles. The van der Waals surface area contributed by atoms with E-state index in [0.717, 1.165) is 0 Å². The van der Waals surface area contributed by atoms with Gasteiger partial charge < -0.3 is 0 Å². The molecule has 5 heavy (non-hydrogen) atoms. The van der Waals surface area contributed by atoms with Gasteiger partial charge in [-0.25, -0.2) is 0 Å². The van der Waals surface area contributed by atoms with Crippen molar-refractivity contribution in [1.82, 2.24) is 0 Å². The van der Waals surface area contributed by atoms with E-state index in [1.54, 1.807) is 0 Å². The average Bonchev–Trinajstić information content (AvgIpc) is 1.37. The molecule has 0 aliphatic rings. The summed E-state index contributed by atoms with van der Waals surface area (Å²) in [6, 6.07) is 0. The molecule has 0 N–H and O–H groups in total. The van der Waals surface area contributed by atoms with Gasteiger partial charge >= 0.3 is 29.6 Å². The fourth-order valence-corrected chi connectivity index (χ4v) is 0. The predicted octanol–water partition coefficient (Wildman–Crippen LogP) is 0.623. The van der Waals surface area contributed by atoms with Crippen molar-refractivity contribution in [3.8, 4) is 0 Å². The monoisotopic (exact) mass is 100 g/mol. The van der Waals surface area contributed by atoms with Crippen LogP contribution in [-0.2, 0) is 0 Å². The summed E-state index contributed by atoms with van der Waals surface area (Å²) in [7, 11) is 2.66. The summed E-state index contributed by atoms with van der Waals surface area (Å²) in [5.41, 5.74) is 0. The van der Waals surface area contributed by atoms with E-state index in [2.05, 4.69) is 16.2 Å². The van der Waals surface area contributed by atoms with Gasteiger partial charge in [-0.1, -0.05) is 13.3 Å². The van der Waals surface area contributed by atoms with Gasteiger partial charge in [0.25, 0.3) is 0 Å². The summed E-state index contributed by atoms with van der Waals surface area (Å²) in [5.74, 6) is 0. The van der Waals surface area contributed by atoms with Crippen LogP contribution in [0.4, 0.5) is 0 Å². The molecule has 0 radical (unpaired) electrons. The normalized spacial score (nSPS) is 6.00. The third-order valence-corrected chi connectivity index (χ3v) is 0.866. The van der Waals surface area contributed by atoms with Crippen LogP contribution < -0.4 is 0 Å². The first-order valence-electron chi connectivity index (χ1n) is 1.62. The summed E-state index contributed by atoms with van der Waals surface area (Å²) < 4.78 is 0. The summed E-state index contributed by atoms with van der Waals surface area (Å²) in [6.07, 6.45) is 2.52. The Labute approximate surface area is 58.2 Å². The number of hydrogen-bond acceptors (Lipinski definition) is 0. The quantitative estimate of drug-likeness (QED) is 0.335. The zero-order chi connectivity index (χ0) is 3.41. The predicted molar refractivity (Wildman–Crippen MR) is 32.0 cm³/mol. The third kappa shape index (κ3) is 10.8. The molecule has 0 aliphatic carbocycles. The molecule has 2 heteroatoms. The molecule has 0 aliphatic heterocycles. The zero-order valence-corrected chi connectivity index (χ0v) is 4.15. The van der Waals surface area contributed by atoms with Gasteiger partial charge in [0.1, 0.15) is 0 Å². The molecule has 0 aromatic heterocycles. The molecule has 0 saturated heterocycles. The van der Waals surface area contributed by atoms with Gasteiger partial charge in [0.05, 0.1) is 0 Å². The molecule has 1 atom stereocenters. The Balaban J connectivity index is 0. The molecular weight excluding hydrogens is 90.0 g/mol. The molecular formula is C3H10NaP. The van der Waals surface area contributed by atoms with Crippen LogP contribution in [0, 0.1) is 0 Å². The van der Waals surface area contributed by atoms with Crippen LogP contribution in [-0.4, -0.2) is 35.7 Å². The fourth-order valence-electron chi connectivity index (χ4n) is 0. The van der Waals surface area contributed by atoms with E-state index in [1.165, 1.54) is 12.6 Å². The minimum absolute atomic E-state index is 0. The van der Waals surface area contributed by atoms with Gasteiger partial charge in [-0.15, -0.1) is 9.24 Å². The molecule has 0 amide bonds. The minimum atomic E-state index is 0. The summed E-state index contributed by atoms with van der Waals surface area (Å²) in [4.78, 5) is 0. The van der Waals surface area contributed by atoms with Crippen molar-refractivity contribution in [3.05, 3.63) is 0 Å². The molecule has 28 valence electrons. The van der Waals surface area contributed by atoms with E-state index in [0.29, 0.717) is 0 Å². The van der Waals surface area contributed by atoms with Crippen molar-refractivity contribution in [3.63, 3.8) is 0 Å². The molecule has 1 unspecified atom stereocenters. The second-order valence-electron chi connectivity index (χ2n) is 0.789. The molecule has 0 aromatic carbocycles.